The van der Waals surface area contributed by atoms with Gasteiger partial charge in [-0.2, -0.15) is 0 Å². The first-order valence-electron chi connectivity index (χ1n) is 9.63. The Labute approximate surface area is 174 Å². The third-order valence-corrected chi connectivity index (χ3v) is 4.42. The van der Waals surface area contributed by atoms with Gasteiger partial charge in [-0.15, -0.1) is 0 Å². The quantitative estimate of drug-likeness (QED) is 0.441. The van der Waals surface area contributed by atoms with Crippen molar-refractivity contribution >= 4 is 39.9 Å². The molecular formula is C23H21N5O2. The van der Waals surface area contributed by atoms with E-state index in [0.717, 1.165) is 16.6 Å². The van der Waals surface area contributed by atoms with Gasteiger partial charge >= 0.3 is 5.97 Å². The van der Waals surface area contributed by atoms with E-state index in [1.165, 1.54) is 0 Å². The fourth-order valence-electron chi connectivity index (χ4n) is 3.16. The molecule has 0 atom stereocenters. The Morgan fingerprint density at radius 1 is 0.933 bits per heavy atom. The molecule has 4 rings (SSSR count). The van der Waals surface area contributed by atoms with Crippen molar-refractivity contribution < 1.29 is 9.53 Å². The molecule has 0 aliphatic heterocycles. The lowest BCUT2D eigenvalue weighted by molar-refractivity contribution is 0.0527. The minimum atomic E-state index is -0.383. The van der Waals surface area contributed by atoms with Crippen LogP contribution in [0, 0.1) is 6.92 Å². The molecule has 0 radical (unpaired) electrons. The van der Waals surface area contributed by atoms with Gasteiger partial charge in [0.2, 0.25) is 0 Å². The number of para-hydroxylation sites is 2. The molecule has 0 saturated heterocycles. The molecule has 0 aliphatic rings. The maximum atomic E-state index is 12.2. The third-order valence-electron chi connectivity index (χ3n) is 4.42. The van der Waals surface area contributed by atoms with Crippen molar-refractivity contribution in [1.29, 1.82) is 0 Å². The van der Waals surface area contributed by atoms with Crippen LogP contribution in [-0.4, -0.2) is 27.5 Å². The summed E-state index contributed by atoms with van der Waals surface area (Å²) in [6, 6.07) is 18.8. The molecule has 0 unspecified atom stereocenters. The molecule has 2 N–H and O–H groups in total. The standard InChI is InChI=1S/C23H21N5O2/c1-3-30-23(29)17-10-4-5-11-18(17)27-20-14-21(26-15(2)25-20)28-19-12-6-8-16-9-7-13-24-22(16)19/h4-14H,3H2,1-2H3,(H2,25,26,27,28). The van der Waals surface area contributed by atoms with Gasteiger partial charge in [-0.1, -0.05) is 30.3 Å². The molecule has 0 spiro atoms. The lowest BCUT2D eigenvalue weighted by atomic mass is 10.2. The van der Waals surface area contributed by atoms with Crippen molar-refractivity contribution in [2.45, 2.75) is 13.8 Å². The number of fused-ring (bicyclic) bond motifs is 1. The molecule has 0 amide bonds. The number of rotatable bonds is 6. The number of hydrogen-bond acceptors (Lipinski definition) is 7. The molecule has 2 heterocycles. The van der Waals surface area contributed by atoms with Crippen LogP contribution in [-0.2, 0) is 4.74 Å². The van der Waals surface area contributed by atoms with E-state index in [1.807, 2.05) is 49.4 Å². The zero-order valence-electron chi connectivity index (χ0n) is 16.7. The predicted octanol–water partition coefficient (Wildman–Crippen LogP) is 5.00. The van der Waals surface area contributed by atoms with Crippen molar-refractivity contribution in [1.82, 2.24) is 15.0 Å². The predicted molar refractivity (Wildman–Crippen MR) is 117 cm³/mol. The van der Waals surface area contributed by atoms with Crippen LogP contribution in [0.3, 0.4) is 0 Å². The first kappa shape index (κ1) is 19.3. The van der Waals surface area contributed by atoms with E-state index in [9.17, 15) is 4.79 Å². The first-order valence-corrected chi connectivity index (χ1v) is 9.63. The summed E-state index contributed by atoms with van der Waals surface area (Å²) in [5.74, 6) is 1.39. The monoisotopic (exact) mass is 399 g/mol. The maximum Gasteiger partial charge on any atom is 0.340 e. The van der Waals surface area contributed by atoms with Crippen LogP contribution in [0.4, 0.5) is 23.0 Å². The van der Waals surface area contributed by atoms with Crippen LogP contribution in [0.1, 0.15) is 23.1 Å². The van der Waals surface area contributed by atoms with Gasteiger partial charge in [0.05, 0.1) is 29.1 Å². The molecule has 4 aromatic rings. The third kappa shape index (κ3) is 4.20. The number of aryl methyl sites for hydroxylation is 1. The van der Waals surface area contributed by atoms with Gasteiger partial charge in [0.1, 0.15) is 17.5 Å². The summed E-state index contributed by atoms with van der Waals surface area (Å²) in [4.78, 5) is 25.6. The second-order valence-corrected chi connectivity index (χ2v) is 6.58. The molecule has 7 nitrogen and oxygen atoms in total. The number of anilines is 4. The number of ether oxygens (including phenoxy) is 1. The van der Waals surface area contributed by atoms with Crippen LogP contribution >= 0.6 is 0 Å². The molecule has 0 aliphatic carbocycles. The van der Waals surface area contributed by atoms with Gasteiger partial charge in [0.15, 0.2) is 0 Å². The van der Waals surface area contributed by atoms with Gasteiger partial charge in [-0.25, -0.2) is 14.8 Å². The number of pyridine rings is 1. The lowest BCUT2D eigenvalue weighted by Crippen LogP contribution is -2.09. The normalized spacial score (nSPS) is 10.6. The van der Waals surface area contributed by atoms with Gasteiger partial charge in [0, 0.05) is 17.6 Å². The van der Waals surface area contributed by atoms with Gasteiger partial charge < -0.3 is 15.4 Å². The van der Waals surface area contributed by atoms with Gasteiger partial charge in [-0.05, 0) is 38.1 Å². The summed E-state index contributed by atoms with van der Waals surface area (Å²) in [5, 5.41) is 7.57. The van der Waals surface area contributed by atoms with Crippen molar-refractivity contribution in [3.8, 4) is 0 Å². The SMILES string of the molecule is CCOC(=O)c1ccccc1Nc1cc(Nc2cccc3cccnc23)nc(C)n1. The lowest BCUT2D eigenvalue weighted by Gasteiger charge is -2.13. The molecule has 2 aromatic carbocycles. The van der Waals surface area contributed by atoms with E-state index >= 15 is 0 Å². The fraction of sp³-hybridized carbons (Fsp3) is 0.130. The average Bonchev–Trinajstić information content (AvgIpc) is 2.74. The van der Waals surface area contributed by atoms with Crippen LogP contribution in [0.15, 0.2) is 66.9 Å². The minimum Gasteiger partial charge on any atom is -0.462 e. The highest BCUT2D eigenvalue weighted by Crippen LogP contribution is 2.26. The van der Waals surface area contributed by atoms with Crippen molar-refractivity contribution in [3.05, 3.63) is 78.2 Å². The number of carbonyl (C=O) groups is 1. The number of carbonyl (C=O) groups excluding carboxylic acids is 1. The largest absolute Gasteiger partial charge is 0.462 e. The maximum absolute atomic E-state index is 12.2. The Balaban J connectivity index is 1.64. The van der Waals surface area contributed by atoms with E-state index in [-0.39, 0.29) is 5.97 Å². The van der Waals surface area contributed by atoms with Gasteiger partial charge in [-0.3, -0.25) is 4.98 Å². The fourth-order valence-corrected chi connectivity index (χ4v) is 3.16. The van der Waals surface area contributed by atoms with Crippen LogP contribution in [0.25, 0.3) is 10.9 Å². The topological polar surface area (TPSA) is 89.0 Å². The van der Waals surface area contributed by atoms with Crippen molar-refractivity contribution in [2.24, 2.45) is 0 Å². The minimum absolute atomic E-state index is 0.312. The van der Waals surface area contributed by atoms with Crippen molar-refractivity contribution in [3.63, 3.8) is 0 Å². The Morgan fingerprint density at radius 2 is 1.63 bits per heavy atom. The summed E-state index contributed by atoms with van der Waals surface area (Å²) in [6.45, 7) is 3.91. The summed E-state index contributed by atoms with van der Waals surface area (Å²) in [6.07, 6.45) is 1.76. The first-order chi connectivity index (χ1) is 14.6. The molecular weight excluding hydrogens is 378 g/mol. The van der Waals surface area contributed by atoms with E-state index in [1.54, 1.807) is 31.3 Å². The molecule has 30 heavy (non-hydrogen) atoms. The Kier molecular flexibility index (Phi) is 5.52. The highest BCUT2D eigenvalue weighted by molar-refractivity contribution is 5.96. The number of nitrogens with zero attached hydrogens (tertiary/aromatic N) is 3. The van der Waals surface area contributed by atoms with Crippen molar-refractivity contribution in [2.75, 3.05) is 17.2 Å². The van der Waals surface area contributed by atoms with Crippen LogP contribution < -0.4 is 10.6 Å². The summed E-state index contributed by atoms with van der Waals surface area (Å²) in [7, 11) is 0. The Morgan fingerprint density at radius 3 is 2.43 bits per heavy atom. The van der Waals surface area contributed by atoms with Gasteiger partial charge in [0.25, 0.3) is 0 Å². The highest BCUT2D eigenvalue weighted by atomic mass is 16.5. The molecule has 0 fully saturated rings. The smallest absolute Gasteiger partial charge is 0.340 e. The molecule has 0 bridgehead atoms. The number of esters is 1. The number of hydrogen-bond donors (Lipinski definition) is 2. The molecule has 0 saturated carbocycles. The number of benzene rings is 2. The van der Waals surface area contributed by atoms with Crippen LogP contribution in [0.5, 0.6) is 0 Å². The molecule has 2 aromatic heterocycles. The summed E-state index contributed by atoms with van der Waals surface area (Å²) in [5.41, 5.74) is 2.78. The second-order valence-electron chi connectivity index (χ2n) is 6.58. The van der Waals surface area contributed by atoms with E-state index in [4.69, 9.17) is 4.74 Å². The zero-order valence-corrected chi connectivity index (χ0v) is 16.7. The van der Waals surface area contributed by atoms with E-state index in [0.29, 0.717) is 35.3 Å². The number of aromatic nitrogens is 3. The summed E-state index contributed by atoms with van der Waals surface area (Å²) < 4.78 is 5.14. The second kappa shape index (κ2) is 8.57. The molecule has 7 heteroatoms. The molecule has 150 valence electrons. The highest BCUT2D eigenvalue weighted by Gasteiger charge is 2.13. The zero-order chi connectivity index (χ0) is 20.9. The number of nitrogens with one attached hydrogen (secondary N) is 2. The Bertz CT molecular complexity index is 1200. The van der Waals surface area contributed by atoms with E-state index in [2.05, 4.69) is 25.6 Å². The Hall–Kier alpha value is -4.00. The summed E-state index contributed by atoms with van der Waals surface area (Å²) >= 11 is 0. The van der Waals surface area contributed by atoms with E-state index < -0.39 is 0 Å². The average molecular weight is 399 g/mol. The van der Waals surface area contributed by atoms with Crippen LogP contribution in [0.2, 0.25) is 0 Å².